The fraction of sp³-hybridized carbons (Fsp3) is 0.222. The molecule has 0 saturated carbocycles. The summed E-state index contributed by atoms with van der Waals surface area (Å²) >= 11 is 0. The molecule has 0 radical (unpaired) electrons. The van der Waals surface area contributed by atoms with Crippen LogP contribution in [0.25, 0.3) is 0 Å². The fourth-order valence-electron chi connectivity index (χ4n) is 1.05. The van der Waals surface area contributed by atoms with Crippen molar-refractivity contribution in [2.45, 2.75) is 13.8 Å². The van der Waals surface area contributed by atoms with Gasteiger partial charge in [0.25, 0.3) is 0 Å². The third-order valence-corrected chi connectivity index (χ3v) is 1.90. The summed E-state index contributed by atoms with van der Waals surface area (Å²) in [6.07, 6.45) is 0. The van der Waals surface area contributed by atoms with Crippen LogP contribution in [0.5, 0.6) is 0 Å². The van der Waals surface area contributed by atoms with Gasteiger partial charge in [-0.05, 0) is 31.0 Å². The highest BCUT2D eigenvalue weighted by atomic mass is 19.1. The number of hydrogen-bond donors (Lipinski definition) is 1. The number of aryl methyl sites for hydroxylation is 1. The molecule has 3 heteroatoms. The van der Waals surface area contributed by atoms with Crippen LogP contribution < -0.4 is 0 Å². The molecule has 0 aliphatic rings. The normalized spacial score (nSPS) is 9.92. The molecule has 1 N–H and O–H groups in total. The highest BCUT2D eigenvalue weighted by Gasteiger charge is 2.13. The Morgan fingerprint density at radius 2 is 2.00 bits per heavy atom. The first-order valence-corrected chi connectivity index (χ1v) is 3.53. The van der Waals surface area contributed by atoms with Crippen molar-refractivity contribution in [3.63, 3.8) is 0 Å². The monoisotopic (exact) mass is 168 g/mol. The quantitative estimate of drug-likeness (QED) is 0.697. The van der Waals surface area contributed by atoms with Crippen molar-refractivity contribution in [2.24, 2.45) is 0 Å². The van der Waals surface area contributed by atoms with E-state index in [9.17, 15) is 9.18 Å². The molecule has 0 amide bonds. The van der Waals surface area contributed by atoms with E-state index in [1.165, 1.54) is 6.07 Å². The lowest BCUT2D eigenvalue weighted by Crippen LogP contribution is -2.04. The Morgan fingerprint density at radius 1 is 1.42 bits per heavy atom. The molecule has 0 unspecified atom stereocenters. The van der Waals surface area contributed by atoms with E-state index in [4.69, 9.17) is 5.11 Å². The number of rotatable bonds is 1. The molecule has 0 aromatic heterocycles. The van der Waals surface area contributed by atoms with Gasteiger partial charge in [-0.1, -0.05) is 6.07 Å². The van der Waals surface area contributed by atoms with Crippen molar-refractivity contribution in [3.8, 4) is 0 Å². The maximum Gasteiger partial charge on any atom is 0.338 e. The van der Waals surface area contributed by atoms with Gasteiger partial charge in [-0.3, -0.25) is 0 Å². The number of benzene rings is 1. The van der Waals surface area contributed by atoms with Gasteiger partial charge >= 0.3 is 5.97 Å². The van der Waals surface area contributed by atoms with Crippen LogP contribution >= 0.6 is 0 Å². The first-order chi connectivity index (χ1) is 5.54. The Hall–Kier alpha value is -1.38. The Morgan fingerprint density at radius 3 is 2.42 bits per heavy atom. The Labute approximate surface area is 69.6 Å². The average Bonchev–Trinajstić information content (AvgIpc) is 1.97. The van der Waals surface area contributed by atoms with Crippen LogP contribution in [0.2, 0.25) is 0 Å². The van der Waals surface area contributed by atoms with Crippen molar-refractivity contribution in [2.75, 3.05) is 0 Å². The molecule has 1 rings (SSSR count). The minimum absolute atomic E-state index is 0.227. The highest BCUT2D eigenvalue weighted by Crippen LogP contribution is 2.16. The van der Waals surface area contributed by atoms with Crippen LogP contribution in [0.15, 0.2) is 12.1 Å². The van der Waals surface area contributed by atoms with Gasteiger partial charge in [-0.2, -0.15) is 0 Å². The molecule has 1 aromatic rings. The fourth-order valence-corrected chi connectivity index (χ4v) is 1.05. The molecular formula is C9H9FO2. The molecule has 0 spiro atoms. The second kappa shape index (κ2) is 2.93. The summed E-state index contributed by atoms with van der Waals surface area (Å²) in [5.74, 6) is -1.89. The predicted molar refractivity (Wildman–Crippen MR) is 42.8 cm³/mol. The zero-order valence-corrected chi connectivity index (χ0v) is 6.89. The molecule has 2 nitrogen and oxygen atoms in total. The van der Waals surface area contributed by atoms with Crippen molar-refractivity contribution in [1.82, 2.24) is 0 Å². The van der Waals surface area contributed by atoms with Crippen molar-refractivity contribution < 1.29 is 14.3 Å². The van der Waals surface area contributed by atoms with Crippen molar-refractivity contribution in [3.05, 3.63) is 34.6 Å². The molecule has 0 bridgehead atoms. The molecule has 1 aromatic carbocycles. The maximum atomic E-state index is 12.9. The van der Waals surface area contributed by atoms with E-state index in [1.807, 2.05) is 0 Å². The van der Waals surface area contributed by atoms with Gasteiger partial charge in [0, 0.05) is 0 Å². The van der Waals surface area contributed by atoms with Crippen LogP contribution in [-0.4, -0.2) is 11.1 Å². The van der Waals surface area contributed by atoms with Crippen molar-refractivity contribution in [1.29, 1.82) is 0 Å². The molecule has 0 aliphatic carbocycles. The predicted octanol–water partition coefficient (Wildman–Crippen LogP) is 2.14. The number of carboxylic acid groups (broad SMARTS) is 1. The van der Waals surface area contributed by atoms with Gasteiger partial charge in [-0.25, -0.2) is 9.18 Å². The SMILES string of the molecule is Cc1ccc(F)c(C(=O)O)c1C. The summed E-state index contributed by atoms with van der Waals surface area (Å²) in [7, 11) is 0. The molecule has 12 heavy (non-hydrogen) atoms. The molecule has 0 atom stereocenters. The number of aromatic carboxylic acids is 1. The van der Waals surface area contributed by atoms with Crippen LogP contribution in [0.1, 0.15) is 21.5 Å². The minimum Gasteiger partial charge on any atom is -0.478 e. The molecule has 0 saturated heterocycles. The molecular weight excluding hydrogens is 159 g/mol. The summed E-state index contributed by atoms with van der Waals surface area (Å²) in [4.78, 5) is 10.6. The first kappa shape index (κ1) is 8.71. The summed E-state index contributed by atoms with van der Waals surface area (Å²) in [5.41, 5.74) is 1.05. The minimum atomic E-state index is -1.21. The lowest BCUT2D eigenvalue weighted by molar-refractivity contribution is 0.0691. The van der Waals surface area contributed by atoms with Gasteiger partial charge in [-0.15, -0.1) is 0 Å². The van der Waals surface area contributed by atoms with E-state index >= 15 is 0 Å². The Bertz CT molecular complexity index is 332. The zero-order valence-electron chi connectivity index (χ0n) is 6.89. The third kappa shape index (κ3) is 1.30. The van der Waals surface area contributed by atoms with E-state index in [0.717, 1.165) is 5.56 Å². The summed E-state index contributed by atoms with van der Waals surface area (Å²) in [5, 5.41) is 8.63. The van der Waals surface area contributed by atoms with E-state index in [0.29, 0.717) is 5.56 Å². The second-order valence-corrected chi connectivity index (χ2v) is 2.67. The molecule has 0 fully saturated rings. The maximum absolute atomic E-state index is 12.9. The van der Waals surface area contributed by atoms with Crippen molar-refractivity contribution >= 4 is 5.97 Å². The Balaban J connectivity index is 3.43. The molecule has 0 heterocycles. The second-order valence-electron chi connectivity index (χ2n) is 2.67. The number of carboxylic acids is 1. The van der Waals surface area contributed by atoms with Crippen LogP contribution in [0, 0.1) is 19.7 Å². The molecule has 64 valence electrons. The number of carbonyl (C=O) groups is 1. The van der Waals surface area contributed by atoms with Crippen LogP contribution in [0.4, 0.5) is 4.39 Å². The zero-order chi connectivity index (χ0) is 9.30. The van der Waals surface area contributed by atoms with Crippen LogP contribution in [-0.2, 0) is 0 Å². The van der Waals surface area contributed by atoms with Gasteiger partial charge < -0.3 is 5.11 Å². The van der Waals surface area contributed by atoms with E-state index < -0.39 is 11.8 Å². The van der Waals surface area contributed by atoms with Gasteiger partial charge in [0.2, 0.25) is 0 Å². The number of halogens is 1. The lowest BCUT2D eigenvalue weighted by Gasteiger charge is -2.04. The molecule has 0 aliphatic heterocycles. The summed E-state index contributed by atoms with van der Waals surface area (Å²) in [6.45, 7) is 3.35. The standard InChI is InChI=1S/C9H9FO2/c1-5-3-4-7(10)8(6(5)2)9(11)12/h3-4H,1-2H3,(H,11,12). The summed E-state index contributed by atoms with van der Waals surface area (Å²) < 4.78 is 12.9. The van der Waals surface area contributed by atoms with E-state index in [-0.39, 0.29) is 5.56 Å². The Kier molecular flexibility index (Phi) is 2.13. The average molecular weight is 168 g/mol. The van der Waals surface area contributed by atoms with Gasteiger partial charge in [0.1, 0.15) is 5.82 Å². The van der Waals surface area contributed by atoms with E-state index in [2.05, 4.69) is 0 Å². The van der Waals surface area contributed by atoms with Gasteiger partial charge in [0.05, 0.1) is 5.56 Å². The third-order valence-electron chi connectivity index (χ3n) is 1.90. The lowest BCUT2D eigenvalue weighted by atomic mass is 10.0. The van der Waals surface area contributed by atoms with Crippen LogP contribution in [0.3, 0.4) is 0 Å². The topological polar surface area (TPSA) is 37.3 Å². The largest absolute Gasteiger partial charge is 0.478 e. The van der Waals surface area contributed by atoms with E-state index in [1.54, 1.807) is 19.9 Å². The highest BCUT2D eigenvalue weighted by molar-refractivity contribution is 5.90. The van der Waals surface area contributed by atoms with Gasteiger partial charge in [0.15, 0.2) is 0 Å². The first-order valence-electron chi connectivity index (χ1n) is 3.53. The smallest absolute Gasteiger partial charge is 0.338 e. The summed E-state index contributed by atoms with van der Waals surface area (Å²) in [6, 6.07) is 2.74. The number of hydrogen-bond acceptors (Lipinski definition) is 1.